The van der Waals surface area contributed by atoms with E-state index in [2.05, 4.69) is 10.6 Å². The molecule has 1 heterocycles. The van der Waals surface area contributed by atoms with Crippen molar-refractivity contribution in [3.63, 3.8) is 0 Å². The Morgan fingerprint density at radius 3 is 2.95 bits per heavy atom. The van der Waals surface area contributed by atoms with Gasteiger partial charge >= 0.3 is 0 Å². The Kier molecular flexibility index (Phi) is 3.21. The molecule has 4 nitrogen and oxygen atoms in total. The maximum atomic E-state index is 12.3. The number of anilines is 1. The van der Waals surface area contributed by atoms with Crippen LogP contribution in [0.4, 0.5) is 5.69 Å². The summed E-state index contributed by atoms with van der Waals surface area (Å²) in [6.07, 6.45) is 2.46. The number of hydrogen-bond acceptors (Lipinski definition) is 3. The average molecular weight is 274 g/mol. The lowest BCUT2D eigenvalue weighted by Crippen LogP contribution is -2.61. The van der Waals surface area contributed by atoms with Crippen LogP contribution in [0.2, 0.25) is 0 Å². The normalized spacial score (nSPS) is 26.9. The largest absolute Gasteiger partial charge is 0.392 e. The van der Waals surface area contributed by atoms with Crippen molar-refractivity contribution in [3.8, 4) is 0 Å². The molecule has 3 N–H and O–H groups in total. The van der Waals surface area contributed by atoms with Crippen molar-refractivity contribution in [1.82, 2.24) is 5.32 Å². The molecule has 3 rings (SSSR count). The van der Waals surface area contributed by atoms with Crippen LogP contribution in [-0.4, -0.2) is 29.7 Å². The van der Waals surface area contributed by atoms with E-state index in [0.717, 1.165) is 25.1 Å². The fraction of sp³-hybridized carbons (Fsp3) is 0.562. The molecular weight excluding hydrogens is 252 g/mol. The average Bonchev–Trinajstić information content (AvgIpc) is 2.46. The quantitative estimate of drug-likeness (QED) is 0.772. The second-order valence-electron chi connectivity index (χ2n) is 6.50. The zero-order chi connectivity index (χ0) is 14.3. The molecule has 2 atom stereocenters. The van der Waals surface area contributed by atoms with E-state index >= 15 is 0 Å². The van der Waals surface area contributed by atoms with Crippen LogP contribution < -0.4 is 10.6 Å². The van der Waals surface area contributed by atoms with Crippen LogP contribution in [0.3, 0.4) is 0 Å². The van der Waals surface area contributed by atoms with Gasteiger partial charge in [-0.1, -0.05) is 13.8 Å². The van der Waals surface area contributed by atoms with E-state index < -0.39 is 0 Å². The molecule has 1 aromatic carbocycles. The first-order valence-electron chi connectivity index (χ1n) is 7.34. The van der Waals surface area contributed by atoms with Crippen LogP contribution in [0, 0.1) is 5.41 Å². The van der Waals surface area contributed by atoms with E-state index in [4.69, 9.17) is 0 Å². The van der Waals surface area contributed by atoms with Gasteiger partial charge in [-0.3, -0.25) is 4.79 Å². The molecule has 0 spiro atoms. The maximum Gasteiger partial charge on any atom is 0.251 e. The van der Waals surface area contributed by atoms with Gasteiger partial charge < -0.3 is 15.7 Å². The Morgan fingerprint density at radius 1 is 1.45 bits per heavy atom. The van der Waals surface area contributed by atoms with E-state index in [1.54, 1.807) is 0 Å². The number of fused-ring (bicyclic) bond motifs is 1. The summed E-state index contributed by atoms with van der Waals surface area (Å²) in [5.41, 5.74) is 2.85. The number of nitrogens with one attached hydrogen (secondary N) is 2. The third-order valence-corrected chi connectivity index (χ3v) is 4.83. The number of amides is 1. The number of carbonyl (C=O) groups is 1. The van der Waals surface area contributed by atoms with Gasteiger partial charge in [-0.25, -0.2) is 0 Å². The van der Waals surface area contributed by atoms with Gasteiger partial charge in [0.05, 0.1) is 6.10 Å². The van der Waals surface area contributed by atoms with Crippen molar-refractivity contribution in [1.29, 1.82) is 0 Å². The van der Waals surface area contributed by atoms with Gasteiger partial charge in [0, 0.05) is 29.3 Å². The SMILES string of the molecule is CC1(C)C(O)CC1NC(=O)c1ccc2c(c1)CCCN2. The zero-order valence-corrected chi connectivity index (χ0v) is 12.1. The molecule has 108 valence electrons. The predicted molar refractivity (Wildman–Crippen MR) is 78.9 cm³/mol. The lowest BCUT2D eigenvalue weighted by molar-refractivity contribution is -0.0689. The van der Waals surface area contributed by atoms with Crippen molar-refractivity contribution in [2.24, 2.45) is 5.41 Å². The summed E-state index contributed by atoms with van der Waals surface area (Å²) in [6.45, 7) is 4.98. The molecular formula is C16H22N2O2. The number of rotatable bonds is 2. The summed E-state index contributed by atoms with van der Waals surface area (Å²) in [7, 11) is 0. The van der Waals surface area contributed by atoms with Crippen molar-refractivity contribution in [3.05, 3.63) is 29.3 Å². The van der Waals surface area contributed by atoms with Crippen LogP contribution >= 0.6 is 0 Å². The van der Waals surface area contributed by atoms with E-state index in [9.17, 15) is 9.90 Å². The summed E-state index contributed by atoms with van der Waals surface area (Å²) in [5.74, 6) is -0.0386. The van der Waals surface area contributed by atoms with Gasteiger partial charge in [0.25, 0.3) is 5.91 Å². The molecule has 0 bridgehead atoms. The first-order chi connectivity index (χ1) is 9.48. The van der Waals surface area contributed by atoms with Crippen LogP contribution in [0.1, 0.15) is 42.6 Å². The number of hydrogen-bond donors (Lipinski definition) is 3. The number of aryl methyl sites for hydroxylation is 1. The molecule has 0 radical (unpaired) electrons. The molecule has 2 aliphatic rings. The van der Waals surface area contributed by atoms with Gasteiger partial charge in [0.1, 0.15) is 0 Å². The number of aliphatic hydroxyl groups is 1. The summed E-state index contributed by atoms with van der Waals surface area (Å²) >= 11 is 0. The fourth-order valence-corrected chi connectivity index (χ4v) is 3.01. The molecule has 1 amide bonds. The fourth-order valence-electron chi connectivity index (χ4n) is 3.01. The maximum absolute atomic E-state index is 12.3. The second-order valence-corrected chi connectivity index (χ2v) is 6.50. The first kappa shape index (κ1) is 13.4. The third-order valence-electron chi connectivity index (χ3n) is 4.83. The molecule has 1 aromatic rings. The summed E-state index contributed by atoms with van der Waals surface area (Å²) in [5, 5.41) is 16.1. The molecule has 2 unspecified atom stereocenters. The third kappa shape index (κ3) is 2.18. The highest BCUT2D eigenvalue weighted by Gasteiger charge is 2.47. The van der Waals surface area contributed by atoms with E-state index in [0.29, 0.717) is 12.0 Å². The van der Waals surface area contributed by atoms with Crippen molar-refractivity contribution in [2.45, 2.75) is 45.3 Å². The van der Waals surface area contributed by atoms with Crippen molar-refractivity contribution >= 4 is 11.6 Å². The van der Waals surface area contributed by atoms with Crippen molar-refractivity contribution < 1.29 is 9.90 Å². The lowest BCUT2D eigenvalue weighted by atomic mass is 9.64. The molecule has 20 heavy (non-hydrogen) atoms. The van der Waals surface area contributed by atoms with Gasteiger partial charge in [-0.15, -0.1) is 0 Å². The van der Waals surface area contributed by atoms with Crippen LogP contribution in [-0.2, 0) is 6.42 Å². The van der Waals surface area contributed by atoms with Crippen LogP contribution in [0.5, 0.6) is 0 Å². The molecule has 1 aliphatic carbocycles. The number of aliphatic hydroxyl groups excluding tert-OH is 1. The van der Waals surface area contributed by atoms with Crippen molar-refractivity contribution in [2.75, 3.05) is 11.9 Å². The van der Waals surface area contributed by atoms with Crippen LogP contribution in [0.15, 0.2) is 18.2 Å². The zero-order valence-electron chi connectivity index (χ0n) is 12.1. The lowest BCUT2D eigenvalue weighted by Gasteiger charge is -2.49. The topological polar surface area (TPSA) is 61.4 Å². The standard InChI is InChI=1S/C16H22N2O2/c1-16(2)13(9-14(16)19)18-15(20)11-5-6-12-10(8-11)4-3-7-17-12/h5-6,8,13-14,17,19H,3-4,7,9H2,1-2H3,(H,18,20). The number of carbonyl (C=O) groups excluding carboxylic acids is 1. The Hall–Kier alpha value is -1.55. The predicted octanol–water partition coefficient (Wildman–Crippen LogP) is 1.93. The number of benzene rings is 1. The minimum atomic E-state index is -0.319. The van der Waals surface area contributed by atoms with Gasteiger partial charge in [-0.05, 0) is 43.0 Å². The minimum Gasteiger partial charge on any atom is -0.392 e. The minimum absolute atomic E-state index is 0.0386. The van der Waals surface area contributed by atoms with Gasteiger partial charge in [-0.2, -0.15) is 0 Å². The van der Waals surface area contributed by atoms with E-state index in [1.165, 1.54) is 5.56 Å². The Labute approximate surface area is 119 Å². The molecule has 1 saturated carbocycles. The monoisotopic (exact) mass is 274 g/mol. The smallest absolute Gasteiger partial charge is 0.251 e. The van der Waals surface area contributed by atoms with Gasteiger partial charge in [0.2, 0.25) is 0 Å². The molecule has 1 aliphatic heterocycles. The summed E-state index contributed by atoms with van der Waals surface area (Å²) in [6, 6.07) is 5.90. The highest BCUT2D eigenvalue weighted by atomic mass is 16.3. The van der Waals surface area contributed by atoms with E-state index in [-0.39, 0.29) is 23.5 Å². The molecule has 0 saturated heterocycles. The van der Waals surface area contributed by atoms with Crippen LogP contribution in [0.25, 0.3) is 0 Å². The Morgan fingerprint density at radius 2 is 2.25 bits per heavy atom. The highest BCUT2D eigenvalue weighted by molar-refractivity contribution is 5.95. The summed E-state index contributed by atoms with van der Waals surface area (Å²) < 4.78 is 0. The molecule has 1 fully saturated rings. The Bertz CT molecular complexity index is 539. The van der Waals surface area contributed by atoms with E-state index in [1.807, 2.05) is 32.0 Å². The molecule has 4 heteroatoms. The first-order valence-corrected chi connectivity index (χ1v) is 7.34. The Balaban J connectivity index is 1.72. The highest BCUT2D eigenvalue weighted by Crippen LogP contribution is 2.40. The second kappa shape index (κ2) is 4.77. The summed E-state index contributed by atoms with van der Waals surface area (Å²) in [4.78, 5) is 12.3. The molecule has 0 aromatic heterocycles. The van der Waals surface area contributed by atoms with Gasteiger partial charge in [0.15, 0.2) is 0 Å².